The van der Waals surface area contributed by atoms with Crippen molar-refractivity contribution in [3.05, 3.63) is 0 Å². The number of carbonyl (C=O) groups is 2. The summed E-state index contributed by atoms with van der Waals surface area (Å²) < 4.78 is 10.6. The first-order chi connectivity index (χ1) is 7.34. The molecule has 0 unspecified atom stereocenters. The van der Waals surface area contributed by atoms with Crippen LogP contribution >= 0.6 is 0 Å². The van der Waals surface area contributed by atoms with E-state index >= 15 is 0 Å². The van der Waals surface area contributed by atoms with Crippen LogP contribution in [0.4, 0.5) is 0 Å². The molecule has 92 valence electrons. The number of hydrogen-bond acceptors (Lipinski definition) is 4. The van der Waals surface area contributed by atoms with Crippen LogP contribution in [0.5, 0.6) is 0 Å². The molecular formula is C12H20O4. The van der Waals surface area contributed by atoms with Gasteiger partial charge in [-0.3, -0.25) is 9.59 Å². The molecule has 0 heterocycles. The van der Waals surface area contributed by atoms with Crippen LogP contribution in [0.15, 0.2) is 0 Å². The van der Waals surface area contributed by atoms with Gasteiger partial charge in [0.05, 0.1) is 0 Å². The third kappa shape index (κ3) is 2.97. The van der Waals surface area contributed by atoms with Crippen LogP contribution in [0.2, 0.25) is 0 Å². The Morgan fingerprint density at radius 1 is 1.00 bits per heavy atom. The zero-order chi connectivity index (χ0) is 12.3. The summed E-state index contributed by atoms with van der Waals surface area (Å²) in [6.07, 6.45) is 2.26. The van der Waals surface area contributed by atoms with Crippen LogP contribution in [-0.4, -0.2) is 24.1 Å². The van der Waals surface area contributed by atoms with E-state index in [2.05, 4.69) is 0 Å². The summed E-state index contributed by atoms with van der Waals surface area (Å²) in [5.41, 5.74) is -0.310. The lowest BCUT2D eigenvalue weighted by Crippen LogP contribution is -2.47. The van der Waals surface area contributed by atoms with E-state index < -0.39 is 0 Å². The maximum absolute atomic E-state index is 11.0. The first-order valence-corrected chi connectivity index (χ1v) is 5.68. The van der Waals surface area contributed by atoms with Gasteiger partial charge in [-0.25, -0.2) is 0 Å². The Bertz CT molecular complexity index is 257. The molecule has 0 aliphatic heterocycles. The molecule has 0 aromatic carbocycles. The van der Waals surface area contributed by atoms with E-state index in [-0.39, 0.29) is 29.6 Å². The van der Waals surface area contributed by atoms with E-state index in [1.54, 1.807) is 0 Å². The third-order valence-electron chi connectivity index (χ3n) is 3.21. The van der Waals surface area contributed by atoms with Crippen molar-refractivity contribution in [3.63, 3.8) is 0 Å². The fourth-order valence-corrected chi connectivity index (χ4v) is 2.26. The highest BCUT2D eigenvalue weighted by molar-refractivity contribution is 5.67. The second-order valence-electron chi connectivity index (χ2n) is 4.95. The van der Waals surface area contributed by atoms with Gasteiger partial charge in [0, 0.05) is 19.3 Å². The average molecular weight is 228 g/mol. The number of hydrogen-bond donors (Lipinski definition) is 0. The molecule has 4 heteroatoms. The number of carbonyl (C=O) groups excluding carboxylic acids is 2. The van der Waals surface area contributed by atoms with Crippen molar-refractivity contribution < 1.29 is 19.1 Å². The van der Waals surface area contributed by atoms with Gasteiger partial charge >= 0.3 is 11.9 Å². The Kier molecular flexibility index (Phi) is 3.94. The minimum absolute atomic E-state index is 0.164. The van der Waals surface area contributed by atoms with E-state index in [1.165, 1.54) is 13.8 Å². The topological polar surface area (TPSA) is 52.6 Å². The Balaban J connectivity index is 2.73. The molecule has 0 saturated heterocycles. The minimum Gasteiger partial charge on any atom is -0.462 e. The van der Waals surface area contributed by atoms with Gasteiger partial charge in [0.1, 0.15) is 12.2 Å². The van der Waals surface area contributed by atoms with Gasteiger partial charge in [-0.15, -0.1) is 0 Å². The standard InChI is InChI=1S/C12H20O4/c1-8(13)15-10-6-5-7-11(12(10,3)4)16-9(2)14/h10-11H,5-7H2,1-4H3/t10-,11+. The minimum atomic E-state index is -0.310. The molecule has 1 fully saturated rings. The van der Waals surface area contributed by atoms with E-state index in [9.17, 15) is 9.59 Å². The molecule has 2 atom stereocenters. The van der Waals surface area contributed by atoms with E-state index in [1.807, 2.05) is 13.8 Å². The molecule has 1 aliphatic rings. The highest BCUT2D eigenvalue weighted by Crippen LogP contribution is 2.39. The van der Waals surface area contributed by atoms with Crippen LogP contribution in [0.25, 0.3) is 0 Å². The Labute approximate surface area is 96.3 Å². The highest BCUT2D eigenvalue weighted by Gasteiger charge is 2.44. The average Bonchev–Trinajstić information content (AvgIpc) is 2.11. The Morgan fingerprint density at radius 3 is 1.69 bits per heavy atom. The SMILES string of the molecule is CC(=O)O[C@H]1CCC[C@@H](OC(C)=O)C1(C)C. The summed E-state index contributed by atoms with van der Waals surface area (Å²) in [6, 6.07) is 0. The van der Waals surface area contributed by atoms with Gasteiger partial charge in [-0.1, -0.05) is 13.8 Å². The molecule has 0 amide bonds. The normalized spacial score (nSPS) is 28.2. The summed E-state index contributed by atoms with van der Waals surface area (Å²) in [7, 11) is 0. The van der Waals surface area contributed by atoms with Crippen LogP contribution in [0.3, 0.4) is 0 Å². The van der Waals surface area contributed by atoms with Crippen molar-refractivity contribution in [2.75, 3.05) is 0 Å². The largest absolute Gasteiger partial charge is 0.462 e. The molecule has 0 aromatic rings. The van der Waals surface area contributed by atoms with Crippen molar-refractivity contribution in [1.82, 2.24) is 0 Å². The van der Waals surface area contributed by atoms with Crippen molar-refractivity contribution in [2.45, 2.75) is 59.2 Å². The lowest BCUT2D eigenvalue weighted by Gasteiger charge is -2.43. The fraction of sp³-hybridized carbons (Fsp3) is 0.833. The molecule has 1 rings (SSSR count). The van der Waals surface area contributed by atoms with Crippen molar-refractivity contribution in [3.8, 4) is 0 Å². The maximum atomic E-state index is 11.0. The molecule has 16 heavy (non-hydrogen) atoms. The zero-order valence-corrected chi connectivity index (χ0v) is 10.4. The smallest absolute Gasteiger partial charge is 0.302 e. The quantitative estimate of drug-likeness (QED) is 0.679. The van der Waals surface area contributed by atoms with Gasteiger partial charge in [0.2, 0.25) is 0 Å². The molecule has 0 aromatic heterocycles. The fourth-order valence-electron chi connectivity index (χ4n) is 2.26. The number of esters is 2. The first-order valence-electron chi connectivity index (χ1n) is 5.68. The Hall–Kier alpha value is -1.06. The van der Waals surface area contributed by atoms with Gasteiger partial charge in [0.15, 0.2) is 0 Å². The molecular weight excluding hydrogens is 208 g/mol. The van der Waals surface area contributed by atoms with Gasteiger partial charge in [-0.2, -0.15) is 0 Å². The van der Waals surface area contributed by atoms with Crippen molar-refractivity contribution in [2.24, 2.45) is 5.41 Å². The summed E-state index contributed by atoms with van der Waals surface area (Å²) in [5, 5.41) is 0. The van der Waals surface area contributed by atoms with Crippen LogP contribution in [0, 0.1) is 5.41 Å². The van der Waals surface area contributed by atoms with Gasteiger partial charge < -0.3 is 9.47 Å². The lowest BCUT2D eigenvalue weighted by molar-refractivity contribution is -0.175. The molecule has 1 aliphatic carbocycles. The van der Waals surface area contributed by atoms with Crippen LogP contribution in [-0.2, 0) is 19.1 Å². The van der Waals surface area contributed by atoms with Gasteiger partial charge in [0.25, 0.3) is 0 Å². The summed E-state index contributed by atoms with van der Waals surface area (Å²) in [4.78, 5) is 22.0. The maximum Gasteiger partial charge on any atom is 0.302 e. The lowest BCUT2D eigenvalue weighted by atomic mass is 9.72. The predicted molar refractivity (Wildman–Crippen MR) is 58.7 cm³/mol. The third-order valence-corrected chi connectivity index (χ3v) is 3.21. The summed E-state index contributed by atoms with van der Waals surface area (Å²) in [5.74, 6) is -0.553. The van der Waals surface area contributed by atoms with Crippen LogP contribution < -0.4 is 0 Å². The van der Waals surface area contributed by atoms with E-state index in [0.717, 1.165) is 19.3 Å². The highest BCUT2D eigenvalue weighted by atomic mass is 16.6. The monoisotopic (exact) mass is 228 g/mol. The molecule has 0 spiro atoms. The molecule has 0 radical (unpaired) electrons. The molecule has 1 saturated carbocycles. The zero-order valence-electron chi connectivity index (χ0n) is 10.4. The summed E-state index contributed by atoms with van der Waals surface area (Å²) >= 11 is 0. The number of ether oxygens (including phenoxy) is 2. The second-order valence-corrected chi connectivity index (χ2v) is 4.95. The molecule has 0 N–H and O–H groups in total. The van der Waals surface area contributed by atoms with Crippen molar-refractivity contribution >= 4 is 11.9 Å². The summed E-state index contributed by atoms with van der Waals surface area (Å²) in [6.45, 7) is 6.78. The first kappa shape index (κ1) is 13.0. The predicted octanol–water partition coefficient (Wildman–Crippen LogP) is 2.06. The van der Waals surface area contributed by atoms with E-state index in [4.69, 9.17) is 9.47 Å². The number of rotatable bonds is 2. The Morgan fingerprint density at radius 2 is 1.38 bits per heavy atom. The second kappa shape index (κ2) is 4.85. The molecule has 4 nitrogen and oxygen atoms in total. The van der Waals surface area contributed by atoms with Crippen molar-refractivity contribution in [1.29, 1.82) is 0 Å². The molecule has 0 bridgehead atoms. The van der Waals surface area contributed by atoms with Crippen LogP contribution in [0.1, 0.15) is 47.0 Å². The van der Waals surface area contributed by atoms with E-state index in [0.29, 0.717) is 0 Å². The van der Waals surface area contributed by atoms with Gasteiger partial charge in [-0.05, 0) is 19.3 Å².